The largest absolute Gasteiger partial charge is 0.457 e. The topological polar surface area (TPSA) is 103 Å². The zero-order valence-electron chi connectivity index (χ0n) is 18.2. The maximum atomic E-state index is 12.6. The van der Waals surface area contributed by atoms with E-state index in [1.807, 2.05) is 30.3 Å². The van der Waals surface area contributed by atoms with E-state index in [0.29, 0.717) is 0 Å². The molecule has 0 aromatic heterocycles. The van der Waals surface area contributed by atoms with Crippen molar-refractivity contribution < 1.29 is 33.6 Å². The third-order valence-electron chi connectivity index (χ3n) is 5.55. The molecule has 1 amide bonds. The fourth-order valence-corrected chi connectivity index (χ4v) is 3.98. The van der Waals surface area contributed by atoms with E-state index < -0.39 is 36.9 Å². The molecule has 31 heavy (non-hydrogen) atoms. The number of carbonyl (C=O) groups excluding carboxylic acids is 2. The molecule has 172 valence electrons. The summed E-state index contributed by atoms with van der Waals surface area (Å²) >= 11 is 0. The number of esters is 1. The predicted molar refractivity (Wildman–Crippen MR) is 112 cm³/mol. The molecule has 1 aromatic carbocycles. The molecule has 3 rings (SSSR count). The molecule has 6 atom stereocenters. The Hall–Kier alpha value is -2.00. The van der Waals surface area contributed by atoms with Crippen LogP contribution < -0.4 is 5.32 Å². The van der Waals surface area contributed by atoms with Gasteiger partial charge in [-0.3, -0.25) is 9.59 Å². The number of hydrogen-bond acceptors (Lipinski definition) is 7. The number of fused-ring (bicyclic) bond motifs is 1. The van der Waals surface area contributed by atoms with Gasteiger partial charge in [0.2, 0.25) is 5.91 Å². The third kappa shape index (κ3) is 6.49. The summed E-state index contributed by atoms with van der Waals surface area (Å²) in [6.07, 6.45) is 1.13. The fourth-order valence-electron chi connectivity index (χ4n) is 3.98. The van der Waals surface area contributed by atoms with Crippen LogP contribution >= 0.6 is 0 Å². The van der Waals surface area contributed by atoms with Gasteiger partial charge in [-0.1, -0.05) is 62.9 Å². The lowest BCUT2D eigenvalue weighted by Gasteiger charge is -2.47. The monoisotopic (exact) mass is 435 g/mol. The lowest BCUT2D eigenvalue weighted by atomic mass is 9.95. The Balaban J connectivity index is 1.71. The highest BCUT2D eigenvalue weighted by Gasteiger charge is 2.51. The Bertz CT molecular complexity index is 713. The molecular weight excluding hydrogens is 402 g/mol. The van der Waals surface area contributed by atoms with E-state index in [0.717, 1.165) is 37.7 Å². The van der Waals surface area contributed by atoms with Gasteiger partial charge in [-0.05, 0) is 6.42 Å². The summed E-state index contributed by atoms with van der Waals surface area (Å²) in [5, 5.41) is 13.1. The fraction of sp³-hybridized carbons (Fsp3) is 0.652. The van der Waals surface area contributed by atoms with E-state index in [4.69, 9.17) is 18.9 Å². The Labute approximate surface area is 183 Å². The maximum absolute atomic E-state index is 12.6. The van der Waals surface area contributed by atoms with E-state index in [1.54, 1.807) is 0 Å². The highest BCUT2D eigenvalue weighted by Crippen LogP contribution is 2.35. The number of hydrogen-bond donors (Lipinski definition) is 2. The SMILES string of the molecule is CCCCCCCC(=O)O[C@H]1[C@H](NC(C)=O)[C@H](O)O[C@@H]2CO[C@@H](c3ccccc3)O[C@@H]12. The van der Waals surface area contributed by atoms with Crippen LogP contribution in [0.1, 0.15) is 64.2 Å². The Kier molecular flexibility index (Phi) is 8.83. The van der Waals surface area contributed by atoms with Crippen LogP contribution in [0.2, 0.25) is 0 Å². The van der Waals surface area contributed by atoms with Crippen LogP contribution in [0, 0.1) is 0 Å². The van der Waals surface area contributed by atoms with Gasteiger partial charge in [0.05, 0.1) is 6.61 Å². The minimum Gasteiger partial charge on any atom is -0.457 e. The van der Waals surface area contributed by atoms with Crippen LogP contribution in [-0.4, -0.2) is 54.2 Å². The molecule has 0 saturated carbocycles. The zero-order chi connectivity index (χ0) is 22.2. The molecule has 8 nitrogen and oxygen atoms in total. The van der Waals surface area contributed by atoms with Crippen LogP contribution in [0.25, 0.3) is 0 Å². The lowest BCUT2D eigenvalue weighted by Crippen LogP contribution is -2.67. The Morgan fingerprint density at radius 1 is 1.13 bits per heavy atom. The molecule has 2 saturated heterocycles. The maximum Gasteiger partial charge on any atom is 0.306 e. The van der Waals surface area contributed by atoms with Gasteiger partial charge in [-0.25, -0.2) is 0 Å². The lowest BCUT2D eigenvalue weighted by molar-refractivity contribution is -0.338. The second-order valence-corrected chi connectivity index (χ2v) is 8.09. The second kappa shape index (κ2) is 11.6. The van der Waals surface area contributed by atoms with Gasteiger partial charge in [0.25, 0.3) is 0 Å². The van der Waals surface area contributed by atoms with Crippen LogP contribution in [0.15, 0.2) is 30.3 Å². The van der Waals surface area contributed by atoms with Crippen LogP contribution in [0.5, 0.6) is 0 Å². The van der Waals surface area contributed by atoms with E-state index in [-0.39, 0.29) is 24.9 Å². The second-order valence-electron chi connectivity index (χ2n) is 8.09. The molecule has 8 heteroatoms. The summed E-state index contributed by atoms with van der Waals surface area (Å²) in [5.74, 6) is -0.741. The summed E-state index contributed by atoms with van der Waals surface area (Å²) < 4.78 is 23.3. The average molecular weight is 436 g/mol. The highest BCUT2D eigenvalue weighted by molar-refractivity contribution is 5.73. The summed E-state index contributed by atoms with van der Waals surface area (Å²) in [5.41, 5.74) is 0.823. The molecule has 0 unspecified atom stereocenters. The molecule has 2 aliphatic rings. The number of rotatable bonds is 9. The van der Waals surface area contributed by atoms with E-state index in [9.17, 15) is 14.7 Å². The number of nitrogens with one attached hydrogen (secondary N) is 1. The molecule has 2 N–H and O–H groups in total. The predicted octanol–water partition coefficient (Wildman–Crippen LogP) is 2.59. The van der Waals surface area contributed by atoms with Crippen LogP contribution in [-0.2, 0) is 28.5 Å². The first-order valence-corrected chi connectivity index (χ1v) is 11.1. The Morgan fingerprint density at radius 3 is 2.58 bits per heavy atom. The van der Waals surface area contributed by atoms with Gasteiger partial charge in [0.15, 0.2) is 18.7 Å². The van der Waals surface area contributed by atoms with Gasteiger partial charge < -0.3 is 29.4 Å². The Morgan fingerprint density at radius 2 is 1.87 bits per heavy atom. The van der Waals surface area contributed by atoms with Crippen molar-refractivity contribution in [2.24, 2.45) is 0 Å². The van der Waals surface area contributed by atoms with Gasteiger partial charge in [0.1, 0.15) is 18.2 Å². The first kappa shape index (κ1) is 23.7. The van der Waals surface area contributed by atoms with Crippen molar-refractivity contribution in [2.75, 3.05) is 6.61 Å². The number of ether oxygens (including phenoxy) is 4. The van der Waals surface area contributed by atoms with Crippen molar-refractivity contribution in [1.82, 2.24) is 5.32 Å². The molecule has 2 fully saturated rings. The minimum atomic E-state index is -1.34. The van der Waals surface area contributed by atoms with Gasteiger partial charge >= 0.3 is 5.97 Å². The molecular formula is C23H33NO7. The van der Waals surface area contributed by atoms with Gasteiger partial charge in [-0.15, -0.1) is 0 Å². The highest BCUT2D eigenvalue weighted by atomic mass is 16.7. The number of carbonyl (C=O) groups is 2. The van der Waals surface area contributed by atoms with Crippen LogP contribution in [0.4, 0.5) is 0 Å². The van der Waals surface area contributed by atoms with Crippen molar-refractivity contribution in [3.05, 3.63) is 35.9 Å². The number of amides is 1. The molecule has 0 spiro atoms. The van der Waals surface area contributed by atoms with Crippen molar-refractivity contribution >= 4 is 11.9 Å². The van der Waals surface area contributed by atoms with Crippen molar-refractivity contribution in [3.8, 4) is 0 Å². The van der Waals surface area contributed by atoms with E-state index in [2.05, 4.69) is 12.2 Å². The quantitative estimate of drug-likeness (QED) is 0.454. The normalized spacial score (nSPS) is 30.3. The van der Waals surface area contributed by atoms with E-state index in [1.165, 1.54) is 6.92 Å². The smallest absolute Gasteiger partial charge is 0.306 e. The minimum absolute atomic E-state index is 0.166. The molecule has 0 radical (unpaired) electrons. The summed E-state index contributed by atoms with van der Waals surface area (Å²) in [6, 6.07) is 8.49. The van der Waals surface area contributed by atoms with Crippen molar-refractivity contribution in [2.45, 2.75) is 89.3 Å². The third-order valence-corrected chi connectivity index (χ3v) is 5.55. The summed E-state index contributed by atoms with van der Waals surface area (Å²) in [6.45, 7) is 3.64. The molecule has 1 aromatic rings. The van der Waals surface area contributed by atoms with Crippen LogP contribution in [0.3, 0.4) is 0 Å². The number of unbranched alkanes of at least 4 members (excludes halogenated alkanes) is 4. The van der Waals surface area contributed by atoms with Crippen molar-refractivity contribution in [1.29, 1.82) is 0 Å². The summed E-state index contributed by atoms with van der Waals surface area (Å²) in [4.78, 5) is 24.3. The molecule has 0 aliphatic carbocycles. The first-order valence-electron chi connectivity index (χ1n) is 11.1. The van der Waals surface area contributed by atoms with E-state index >= 15 is 0 Å². The number of aliphatic hydroxyl groups excluding tert-OH is 1. The first-order chi connectivity index (χ1) is 15.0. The number of aliphatic hydroxyl groups is 1. The molecule has 0 bridgehead atoms. The number of benzene rings is 1. The molecule has 2 aliphatic heterocycles. The van der Waals surface area contributed by atoms with Gasteiger partial charge in [-0.2, -0.15) is 0 Å². The zero-order valence-corrected chi connectivity index (χ0v) is 18.2. The molecule has 2 heterocycles. The van der Waals surface area contributed by atoms with Gasteiger partial charge in [0, 0.05) is 18.9 Å². The standard InChI is InChI=1S/C23H33NO7/c1-3-4-5-6-10-13-18(26)30-21-19(24-15(2)25)22(27)29-17-14-28-23(31-20(17)21)16-11-8-7-9-12-16/h7-9,11-12,17,19-23,27H,3-6,10,13-14H2,1-2H3,(H,24,25)/t17-,19+,20-,21+,22-,23-/m1/s1. The summed E-state index contributed by atoms with van der Waals surface area (Å²) in [7, 11) is 0. The average Bonchev–Trinajstić information content (AvgIpc) is 2.76. The van der Waals surface area contributed by atoms with Crippen molar-refractivity contribution in [3.63, 3.8) is 0 Å².